The van der Waals surface area contributed by atoms with Gasteiger partial charge in [-0.05, 0) is 17.2 Å². The zero-order valence-corrected chi connectivity index (χ0v) is 11.4. The quantitative estimate of drug-likeness (QED) is 0.599. The van der Waals surface area contributed by atoms with E-state index in [2.05, 4.69) is 0 Å². The van der Waals surface area contributed by atoms with Crippen LogP contribution in [0.15, 0.2) is 48.5 Å². The molecule has 2 rings (SSSR count). The van der Waals surface area contributed by atoms with Gasteiger partial charge in [-0.1, -0.05) is 42.5 Å². The van der Waals surface area contributed by atoms with E-state index in [1.807, 2.05) is 48.5 Å². The van der Waals surface area contributed by atoms with Crippen molar-refractivity contribution in [2.24, 2.45) is 0 Å². The smallest absolute Gasteiger partial charge is 0.207 e. The predicted octanol–water partition coefficient (Wildman–Crippen LogP) is 3.11. The number of benzene rings is 2. The number of rotatable bonds is 6. The molecule has 0 radical (unpaired) electrons. The third-order valence-corrected chi connectivity index (χ3v) is 3.24. The monoisotopic (exact) mass is 271 g/mol. The highest BCUT2D eigenvalue weighted by Gasteiger charge is 2.11. The topological polar surface area (TPSA) is 52.4 Å². The van der Waals surface area contributed by atoms with E-state index in [9.17, 15) is 10.1 Å². The Morgan fingerprint density at radius 2 is 1.85 bits per heavy atom. The third kappa shape index (κ3) is 3.57. The summed E-state index contributed by atoms with van der Waals surface area (Å²) in [6.45, 7) is -0.0606. The molecule has 0 saturated heterocycles. The van der Waals surface area contributed by atoms with Gasteiger partial charge in [0, 0.05) is 23.3 Å². The molecule has 0 amide bonds. The van der Waals surface area contributed by atoms with Gasteiger partial charge < -0.3 is 4.74 Å². The molecule has 2 aromatic carbocycles. The van der Waals surface area contributed by atoms with Gasteiger partial charge in [-0.15, -0.1) is 0 Å². The third-order valence-electron chi connectivity index (χ3n) is 3.24. The van der Waals surface area contributed by atoms with Crippen molar-refractivity contribution in [1.82, 2.24) is 0 Å². The molecule has 0 saturated carbocycles. The summed E-state index contributed by atoms with van der Waals surface area (Å²) in [7, 11) is 1.63. The Morgan fingerprint density at radius 3 is 2.50 bits per heavy atom. The Labute approximate surface area is 118 Å². The predicted molar refractivity (Wildman–Crippen MR) is 77.8 cm³/mol. The first-order chi connectivity index (χ1) is 9.70. The van der Waals surface area contributed by atoms with Crippen LogP contribution in [0.4, 0.5) is 0 Å². The minimum absolute atomic E-state index is 0.0606. The maximum atomic E-state index is 10.6. The summed E-state index contributed by atoms with van der Waals surface area (Å²) in [6.07, 6.45) is 1.14. The normalized spacial score (nSPS) is 10.2. The van der Waals surface area contributed by atoms with Crippen molar-refractivity contribution in [2.75, 3.05) is 13.7 Å². The number of hydrogen-bond acceptors (Lipinski definition) is 3. The molecule has 0 fully saturated rings. The average Bonchev–Trinajstić information content (AvgIpc) is 2.47. The van der Waals surface area contributed by atoms with Gasteiger partial charge in [-0.3, -0.25) is 10.1 Å². The Balaban J connectivity index is 2.30. The fraction of sp³-hybridized carbons (Fsp3) is 0.250. The number of nitrogens with zero attached hydrogens (tertiary/aromatic N) is 1. The first-order valence-electron chi connectivity index (χ1n) is 6.51. The highest BCUT2D eigenvalue weighted by atomic mass is 16.6. The van der Waals surface area contributed by atoms with E-state index < -0.39 is 0 Å². The summed E-state index contributed by atoms with van der Waals surface area (Å²) in [5.41, 5.74) is 3.17. The van der Waals surface area contributed by atoms with Crippen molar-refractivity contribution in [2.45, 2.75) is 12.8 Å². The van der Waals surface area contributed by atoms with Crippen LogP contribution < -0.4 is 4.74 Å². The van der Waals surface area contributed by atoms with Crippen molar-refractivity contribution >= 4 is 0 Å². The molecule has 0 aromatic heterocycles. The highest BCUT2D eigenvalue weighted by molar-refractivity contribution is 5.43. The molecular weight excluding hydrogens is 254 g/mol. The van der Waals surface area contributed by atoms with Crippen molar-refractivity contribution in [3.8, 4) is 5.75 Å². The molecule has 20 heavy (non-hydrogen) atoms. The largest absolute Gasteiger partial charge is 0.496 e. The van der Waals surface area contributed by atoms with Crippen LogP contribution in [0.5, 0.6) is 5.75 Å². The van der Waals surface area contributed by atoms with Gasteiger partial charge in [0.15, 0.2) is 0 Å². The van der Waals surface area contributed by atoms with Crippen LogP contribution in [-0.4, -0.2) is 18.6 Å². The lowest BCUT2D eigenvalue weighted by atomic mass is 9.97. The van der Waals surface area contributed by atoms with Crippen LogP contribution >= 0.6 is 0 Å². The Hall–Kier alpha value is -2.36. The van der Waals surface area contributed by atoms with Gasteiger partial charge in [0.25, 0.3) is 0 Å². The molecule has 0 atom stereocenters. The van der Waals surface area contributed by atoms with E-state index in [1.165, 1.54) is 5.56 Å². The zero-order valence-electron chi connectivity index (χ0n) is 11.4. The Bertz CT molecular complexity index is 582. The molecule has 0 aliphatic carbocycles. The van der Waals surface area contributed by atoms with Gasteiger partial charge in [-0.25, -0.2) is 0 Å². The zero-order chi connectivity index (χ0) is 14.4. The van der Waals surface area contributed by atoms with E-state index in [4.69, 9.17) is 4.74 Å². The summed E-state index contributed by atoms with van der Waals surface area (Å²) < 4.78 is 5.40. The summed E-state index contributed by atoms with van der Waals surface area (Å²) in [5.74, 6) is 0.787. The van der Waals surface area contributed by atoms with Crippen molar-refractivity contribution in [3.05, 3.63) is 75.3 Å². The number of methoxy groups -OCH3 is 1. The summed E-state index contributed by atoms with van der Waals surface area (Å²) >= 11 is 0. The molecule has 0 spiro atoms. The van der Waals surface area contributed by atoms with Crippen LogP contribution in [0.2, 0.25) is 0 Å². The maximum Gasteiger partial charge on any atom is 0.207 e. The first kappa shape index (κ1) is 14.1. The summed E-state index contributed by atoms with van der Waals surface area (Å²) in [6, 6.07) is 15.7. The average molecular weight is 271 g/mol. The van der Waals surface area contributed by atoms with E-state index in [1.54, 1.807) is 7.11 Å². The molecule has 0 aliphatic heterocycles. The van der Waals surface area contributed by atoms with Crippen LogP contribution in [0, 0.1) is 10.1 Å². The lowest BCUT2D eigenvalue weighted by Gasteiger charge is -2.13. The van der Waals surface area contributed by atoms with Crippen LogP contribution in [0.3, 0.4) is 0 Å². The van der Waals surface area contributed by atoms with E-state index in [0.717, 1.165) is 23.3 Å². The fourth-order valence-corrected chi connectivity index (χ4v) is 2.25. The van der Waals surface area contributed by atoms with Crippen molar-refractivity contribution in [3.63, 3.8) is 0 Å². The van der Waals surface area contributed by atoms with Crippen LogP contribution in [-0.2, 0) is 12.8 Å². The first-order valence-corrected chi connectivity index (χ1v) is 6.51. The van der Waals surface area contributed by atoms with Crippen molar-refractivity contribution < 1.29 is 9.66 Å². The van der Waals surface area contributed by atoms with E-state index in [-0.39, 0.29) is 11.5 Å². The second kappa shape index (κ2) is 6.70. The lowest BCUT2D eigenvalue weighted by molar-refractivity contribution is -0.479. The van der Waals surface area contributed by atoms with Crippen LogP contribution in [0.25, 0.3) is 0 Å². The van der Waals surface area contributed by atoms with E-state index >= 15 is 0 Å². The van der Waals surface area contributed by atoms with Gasteiger partial charge in [0.05, 0.1) is 7.11 Å². The molecular formula is C16H17NO3. The molecule has 104 valence electrons. The molecule has 4 nitrogen and oxygen atoms in total. The summed E-state index contributed by atoms with van der Waals surface area (Å²) in [4.78, 5) is 10.3. The molecule has 2 aromatic rings. The SMILES string of the molecule is COc1cccc(CC[N+](=O)[O-])c1Cc1ccccc1. The maximum absolute atomic E-state index is 10.6. The van der Waals surface area contributed by atoms with Gasteiger partial charge in [0.2, 0.25) is 6.54 Å². The minimum atomic E-state index is -0.286. The van der Waals surface area contributed by atoms with Gasteiger partial charge >= 0.3 is 0 Å². The molecule has 4 heteroatoms. The number of hydrogen-bond donors (Lipinski definition) is 0. The lowest BCUT2D eigenvalue weighted by Crippen LogP contribution is -2.07. The molecule has 0 bridgehead atoms. The highest BCUT2D eigenvalue weighted by Crippen LogP contribution is 2.25. The second-order valence-electron chi connectivity index (χ2n) is 4.57. The standard InChI is InChI=1S/C16H17NO3/c1-20-16-9-5-8-14(10-11-17(18)19)15(16)12-13-6-3-2-4-7-13/h2-9H,10-12H2,1H3. The number of ether oxygens (including phenoxy) is 1. The van der Waals surface area contributed by atoms with Crippen LogP contribution in [0.1, 0.15) is 16.7 Å². The minimum Gasteiger partial charge on any atom is -0.496 e. The van der Waals surface area contributed by atoms with E-state index in [0.29, 0.717) is 6.42 Å². The Morgan fingerprint density at radius 1 is 1.10 bits per heavy atom. The fourth-order valence-electron chi connectivity index (χ4n) is 2.25. The van der Waals surface area contributed by atoms with Crippen molar-refractivity contribution in [1.29, 1.82) is 0 Å². The summed E-state index contributed by atoms with van der Waals surface area (Å²) in [5, 5.41) is 10.6. The molecule has 0 heterocycles. The molecule has 0 aliphatic rings. The molecule has 0 N–H and O–H groups in total. The number of nitro groups is 1. The van der Waals surface area contributed by atoms with Gasteiger partial charge in [0.1, 0.15) is 5.75 Å². The Kier molecular flexibility index (Phi) is 4.71. The second-order valence-corrected chi connectivity index (χ2v) is 4.57. The molecule has 0 unspecified atom stereocenters. The van der Waals surface area contributed by atoms with Gasteiger partial charge in [-0.2, -0.15) is 0 Å².